The summed E-state index contributed by atoms with van der Waals surface area (Å²) < 4.78 is 1.74. The molecule has 30 heavy (non-hydrogen) atoms. The lowest BCUT2D eigenvalue weighted by Crippen LogP contribution is -2.57. The topological polar surface area (TPSA) is 95.8 Å². The zero-order valence-corrected chi connectivity index (χ0v) is 16.9. The minimum atomic E-state index is -0.315. The maximum absolute atomic E-state index is 13.0. The fourth-order valence-electron chi connectivity index (χ4n) is 3.92. The highest BCUT2D eigenvalue weighted by Gasteiger charge is 2.34. The summed E-state index contributed by atoms with van der Waals surface area (Å²) in [6, 6.07) is 7.51. The second-order valence-electron chi connectivity index (χ2n) is 7.57. The van der Waals surface area contributed by atoms with Gasteiger partial charge in [0, 0.05) is 57.8 Å². The van der Waals surface area contributed by atoms with Gasteiger partial charge in [-0.15, -0.1) is 0 Å². The first-order valence-corrected chi connectivity index (χ1v) is 9.85. The van der Waals surface area contributed by atoms with Gasteiger partial charge in [0.05, 0.1) is 11.7 Å². The van der Waals surface area contributed by atoms with Gasteiger partial charge in [0.1, 0.15) is 23.1 Å². The molecule has 9 nitrogen and oxygen atoms in total. The van der Waals surface area contributed by atoms with Crippen LogP contribution in [0.4, 0.5) is 5.82 Å². The molecule has 0 aliphatic carbocycles. The molecule has 1 unspecified atom stereocenters. The van der Waals surface area contributed by atoms with Crippen LogP contribution in [0.25, 0.3) is 22.3 Å². The predicted octanol–water partition coefficient (Wildman–Crippen LogP) is 1.64. The first-order valence-electron chi connectivity index (χ1n) is 9.85. The second-order valence-corrected chi connectivity index (χ2v) is 7.57. The summed E-state index contributed by atoms with van der Waals surface area (Å²) in [6.45, 7) is 1.38. The lowest BCUT2D eigenvalue weighted by atomic mass is 10.0. The highest BCUT2D eigenvalue weighted by Crippen LogP contribution is 2.28. The number of hydrogen-bond donors (Lipinski definition) is 1. The van der Waals surface area contributed by atoms with Crippen molar-refractivity contribution in [3.05, 3.63) is 54.6 Å². The van der Waals surface area contributed by atoms with E-state index in [1.54, 1.807) is 28.2 Å². The molecule has 1 aliphatic rings. The van der Waals surface area contributed by atoms with E-state index >= 15 is 0 Å². The number of H-pyrrole nitrogens is 1. The van der Waals surface area contributed by atoms with E-state index in [4.69, 9.17) is 4.98 Å². The largest absolute Gasteiger partial charge is 0.342 e. The molecule has 0 spiro atoms. The van der Waals surface area contributed by atoms with Gasteiger partial charge in [0.15, 0.2) is 0 Å². The molecule has 5 heterocycles. The van der Waals surface area contributed by atoms with E-state index in [-0.39, 0.29) is 11.9 Å². The number of anilines is 1. The van der Waals surface area contributed by atoms with Gasteiger partial charge < -0.3 is 9.80 Å². The van der Waals surface area contributed by atoms with Crippen molar-refractivity contribution in [2.75, 3.05) is 25.0 Å². The molecular formula is C21H22N8O. The molecule has 4 aromatic rings. The molecule has 1 atom stereocenters. The Morgan fingerprint density at radius 2 is 1.97 bits per heavy atom. The molecule has 9 heteroatoms. The van der Waals surface area contributed by atoms with Crippen molar-refractivity contribution in [2.45, 2.75) is 12.5 Å². The van der Waals surface area contributed by atoms with Gasteiger partial charge in [-0.05, 0) is 29.8 Å². The number of pyridine rings is 2. The van der Waals surface area contributed by atoms with Crippen molar-refractivity contribution in [1.82, 2.24) is 34.8 Å². The van der Waals surface area contributed by atoms with Gasteiger partial charge in [-0.2, -0.15) is 10.2 Å². The van der Waals surface area contributed by atoms with Crippen molar-refractivity contribution >= 4 is 22.8 Å². The zero-order valence-electron chi connectivity index (χ0n) is 16.9. The molecule has 0 saturated carbocycles. The van der Waals surface area contributed by atoms with E-state index in [2.05, 4.69) is 25.2 Å². The van der Waals surface area contributed by atoms with E-state index in [1.165, 1.54) is 0 Å². The Morgan fingerprint density at radius 1 is 1.13 bits per heavy atom. The number of fused-ring (bicyclic) bond motifs is 1. The number of nitrogens with zero attached hydrogens (tertiary/aromatic N) is 7. The molecule has 5 rings (SSSR count). The summed E-state index contributed by atoms with van der Waals surface area (Å²) in [5.74, 6) is 0.870. The van der Waals surface area contributed by atoms with E-state index < -0.39 is 0 Å². The predicted molar refractivity (Wildman–Crippen MR) is 113 cm³/mol. The number of aromatic nitrogens is 6. The fraction of sp³-hybridized carbons (Fsp3) is 0.286. The number of rotatable bonds is 4. The number of amides is 1. The molecule has 1 saturated heterocycles. The number of aryl methyl sites for hydroxylation is 1. The Labute approximate surface area is 173 Å². The van der Waals surface area contributed by atoms with E-state index in [0.29, 0.717) is 13.0 Å². The molecule has 4 aromatic heterocycles. The van der Waals surface area contributed by atoms with Gasteiger partial charge in [0.25, 0.3) is 0 Å². The van der Waals surface area contributed by atoms with Gasteiger partial charge in [-0.25, -0.2) is 4.98 Å². The van der Waals surface area contributed by atoms with Crippen LogP contribution in [-0.2, 0) is 18.3 Å². The second kappa shape index (κ2) is 7.25. The third-order valence-corrected chi connectivity index (χ3v) is 5.56. The quantitative estimate of drug-likeness (QED) is 0.558. The van der Waals surface area contributed by atoms with Crippen molar-refractivity contribution in [1.29, 1.82) is 0 Å². The van der Waals surface area contributed by atoms with Crippen LogP contribution in [0.3, 0.4) is 0 Å². The van der Waals surface area contributed by atoms with Crippen LogP contribution >= 0.6 is 0 Å². The van der Waals surface area contributed by atoms with Gasteiger partial charge in [-0.1, -0.05) is 0 Å². The van der Waals surface area contributed by atoms with E-state index in [9.17, 15) is 4.79 Å². The number of hydrogen-bond acceptors (Lipinski definition) is 6. The van der Waals surface area contributed by atoms with Crippen LogP contribution < -0.4 is 4.90 Å². The SMILES string of the molecule is CN1CCN(c2ccc3[nH]nc(-c4cnn(C)c4)c3n2)C(Cc2ccncc2)C1=O. The Morgan fingerprint density at radius 3 is 2.73 bits per heavy atom. The molecule has 0 aromatic carbocycles. The first kappa shape index (κ1) is 18.3. The Hall–Kier alpha value is -3.75. The van der Waals surface area contributed by atoms with Crippen LogP contribution in [-0.4, -0.2) is 66.9 Å². The molecule has 0 radical (unpaired) electrons. The van der Waals surface area contributed by atoms with Crippen LogP contribution in [0.15, 0.2) is 49.1 Å². The summed E-state index contributed by atoms with van der Waals surface area (Å²) in [4.78, 5) is 25.9. The third-order valence-electron chi connectivity index (χ3n) is 5.56. The molecule has 1 aliphatic heterocycles. The monoisotopic (exact) mass is 402 g/mol. The smallest absolute Gasteiger partial charge is 0.245 e. The average Bonchev–Trinajstić information content (AvgIpc) is 3.38. The van der Waals surface area contributed by atoms with Crippen molar-refractivity contribution < 1.29 is 4.79 Å². The lowest BCUT2D eigenvalue weighted by molar-refractivity contribution is -0.132. The Bertz CT molecular complexity index is 1200. The van der Waals surface area contributed by atoms with Crippen LogP contribution in [0.2, 0.25) is 0 Å². The minimum absolute atomic E-state index is 0.0969. The average molecular weight is 402 g/mol. The first-order chi connectivity index (χ1) is 14.6. The van der Waals surface area contributed by atoms with Crippen LogP contribution in [0.1, 0.15) is 5.56 Å². The number of piperazine rings is 1. The molecule has 152 valence electrons. The maximum atomic E-state index is 13.0. The fourth-order valence-corrected chi connectivity index (χ4v) is 3.92. The summed E-state index contributed by atoms with van der Waals surface area (Å²) >= 11 is 0. The van der Waals surface area contributed by atoms with Gasteiger partial charge in [-0.3, -0.25) is 19.6 Å². The summed E-state index contributed by atoms with van der Waals surface area (Å²) in [5.41, 5.74) is 4.35. The van der Waals surface area contributed by atoms with Crippen LogP contribution in [0, 0.1) is 0 Å². The number of carbonyl (C=O) groups excluding carboxylic acids is 1. The molecule has 0 bridgehead atoms. The number of nitrogens with one attached hydrogen (secondary N) is 1. The molecular weight excluding hydrogens is 380 g/mol. The standard InChI is InChI=1S/C21H22N8O/c1-27-9-10-29(17(21(27)30)11-14-5-7-22-8-6-14)18-4-3-16-20(24-18)19(26-25-16)15-12-23-28(2)13-15/h3-8,12-13,17H,9-11H2,1-2H3,(H,25,26). The molecule has 1 amide bonds. The number of likely N-dealkylation sites (N-methyl/N-ethyl adjacent to an activating group) is 1. The molecule has 1 fully saturated rings. The van der Waals surface area contributed by atoms with E-state index in [1.807, 2.05) is 44.6 Å². The zero-order chi connectivity index (χ0) is 20.7. The summed E-state index contributed by atoms with van der Waals surface area (Å²) in [6.07, 6.45) is 7.80. The maximum Gasteiger partial charge on any atom is 0.245 e. The van der Waals surface area contributed by atoms with Crippen molar-refractivity contribution in [3.8, 4) is 11.3 Å². The normalized spacial score (nSPS) is 17.1. The Kier molecular flexibility index (Phi) is 4.42. The third kappa shape index (κ3) is 3.18. The molecule has 1 N–H and O–H groups in total. The van der Waals surface area contributed by atoms with Gasteiger partial charge in [0.2, 0.25) is 5.91 Å². The van der Waals surface area contributed by atoms with Gasteiger partial charge >= 0.3 is 0 Å². The number of aromatic amines is 1. The van der Waals surface area contributed by atoms with Crippen molar-refractivity contribution in [3.63, 3.8) is 0 Å². The minimum Gasteiger partial charge on any atom is -0.342 e. The summed E-state index contributed by atoms with van der Waals surface area (Å²) in [5, 5.41) is 11.7. The van der Waals surface area contributed by atoms with Crippen LogP contribution in [0.5, 0.6) is 0 Å². The summed E-state index contributed by atoms with van der Waals surface area (Å²) in [7, 11) is 3.73. The highest BCUT2D eigenvalue weighted by molar-refractivity contribution is 5.91. The number of carbonyl (C=O) groups is 1. The van der Waals surface area contributed by atoms with Crippen molar-refractivity contribution in [2.24, 2.45) is 7.05 Å². The van der Waals surface area contributed by atoms with E-state index in [0.717, 1.165) is 40.2 Å². The highest BCUT2D eigenvalue weighted by atomic mass is 16.2. The Balaban J connectivity index is 1.54. The lowest BCUT2D eigenvalue weighted by Gasteiger charge is -2.40.